The van der Waals surface area contributed by atoms with E-state index in [9.17, 15) is 13.2 Å². The average Bonchev–Trinajstić information content (AvgIpc) is 2.69. The predicted molar refractivity (Wildman–Crippen MR) is 111 cm³/mol. The van der Waals surface area contributed by atoms with Crippen molar-refractivity contribution in [2.75, 3.05) is 5.32 Å². The summed E-state index contributed by atoms with van der Waals surface area (Å²) in [7, 11) is -3.80. The van der Waals surface area contributed by atoms with Crippen LogP contribution in [0.2, 0.25) is 5.02 Å². The number of carbonyl (C=O) groups excluding carboxylic acids is 1. The van der Waals surface area contributed by atoms with Crippen molar-refractivity contribution in [1.29, 1.82) is 0 Å². The molecular weight excluding hydrogens is 396 g/mol. The maximum absolute atomic E-state index is 12.6. The molecule has 3 aromatic carbocycles. The number of amides is 1. The molecule has 0 aromatic heterocycles. The van der Waals surface area contributed by atoms with E-state index in [1.54, 1.807) is 12.1 Å². The van der Waals surface area contributed by atoms with Crippen LogP contribution in [0, 0.1) is 6.92 Å². The van der Waals surface area contributed by atoms with Crippen LogP contribution in [0.3, 0.4) is 0 Å². The van der Waals surface area contributed by atoms with Gasteiger partial charge in [0.1, 0.15) is 0 Å². The number of anilines is 1. The zero-order valence-corrected chi connectivity index (χ0v) is 16.7. The number of hydrogen-bond donors (Lipinski definition) is 2. The second-order valence-electron chi connectivity index (χ2n) is 6.27. The first-order chi connectivity index (χ1) is 13.3. The number of nitrogens with one attached hydrogen (secondary N) is 2. The van der Waals surface area contributed by atoms with Crippen molar-refractivity contribution >= 4 is 33.2 Å². The molecule has 0 heterocycles. The Labute approximate surface area is 169 Å². The molecule has 0 saturated carbocycles. The second kappa shape index (κ2) is 8.56. The largest absolute Gasteiger partial charge is 0.322 e. The first kappa shape index (κ1) is 20.1. The van der Waals surface area contributed by atoms with E-state index in [0.717, 1.165) is 11.1 Å². The highest BCUT2D eigenvalue weighted by molar-refractivity contribution is 7.89. The van der Waals surface area contributed by atoms with E-state index >= 15 is 0 Å². The lowest BCUT2D eigenvalue weighted by atomic mass is 10.2. The Morgan fingerprint density at radius 3 is 2.32 bits per heavy atom. The Bertz CT molecular complexity index is 1080. The summed E-state index contributed by atoms with van der Waals surface area (Å²) < 4.78 is 27.7. The van der Waals surface area contributed by atoms with E-state index in [0.29, 0.717) is 5.69 Å². The molecular formula is C21H19ClN2O3S. The van der Waals surface area contributed by atoms with E-state index in [2.05, 4.69) is 10.0 Å². The summed E-state index contributed by atoms with van der Waals surface area (Å²) in [4.78, 5) is 12.5. The molecule has 0 unspecified atom stereocenters. The number of sulfonamides is 1. The summed E-state index contributed by atoms with van der Waals surface area (Å²) in [5, 5.41) is 2.90. The van der Waals surface area contributed by atoms with Crippen LogP contribution < -0.4 is 10.0 Å². The fourth-order valence-electron chi connectivity index (χ4n) is 2.54. The van der Waals surface area contributed by atoms with Crippen molar-refractivity contribution in [1.82, 2.24) is 4.72 Å². The van der Waals surface area contributed by atoms with Crippen LogP contribution >= 0.6 is 11.6 Å². The van der Waals surface area contributed by atoms with E-state index in [1.807, 2.05) is 49.4 Å². The Hall–Kier alpha value is -2.67. The van der Waals surface area contributed by atoms with E-state index < -0.39 is 15.9 Å². The number of rotatable bonds is 6. The standard InChI is InChI=1S/C21H19ClN2O3S/c1-15-7-9-17(10-8-15)24-21(25)19-13-18(11-12-20(19)22)28(26,27)23-14-16-5-3-2-4-6-16/h2-13,23H,14H2,1H3,(H,24,25). The van der Waals surface area contributed by atoms with Gasteiger partial charge in [-0.3, -0.25) is 4.79 Å². The summed E-state index contributed by atoms with van der Waals surface area (Å²) in [6.45, 7) is 2.09. The smallest absolute Gasteiger partial charge is 0.257 e. The zero-order valence-electron chi connectivity index (χ0n) is 15.1. The minimum Gasteiger partial charge on any atom is -0.322 e. The maximum atomic E-state index is 12.6. The number of hydrogen-bond acceptors (Lipinski definition) is 3. The molecule has 0 bridgehead atoms. The Kier molecular flexibility index (Phi) is 6.14. The maximum Gasteiger partial charge on any atom is 0.257 e. The van der Waals surface area contributed by atoms with Crippen LogP contribution in [-0.2, 0) is 16.6 Å². The lowest BCUT2D eigenvalue weighted by Gasteiger charge is -2.11. The van der Waals surface area contributed by atoms with Gasteiger partial charge in [0.05, 0.1) is 15.5 Å². The molecule has 0 radical (unpaired) electrons. The lowest BCUT2D eigenvalue weighted by molar-refractivity contribution is 0.102. The first-order valence-electron chi connectivity index (χ1n) is 8.56. The molecule has 0 fully saturated rings. The Morgan fingerprint density at radius 1 is 0.964 bits per heavy atom. The third-order valence-corrected chi connectivity index (χ3v) is 5.84. The molecule has 144 valence electrons. The third kappa shape index (κ3) is 4.98. The van der Waals surface area contributed by atoms with Crippen LogP contribution in [0.5, 0.6) is 0 Å². The highest BCUT2D eigenvalue weighted by Crippen LogP contribution is 2.22. The van der Waals surface area contributed by atoms with Gasteiger partial charge in [0.25, 0.3) is 5.91 Å². The molecule has 0 aliphatic carbocycles. The molecule has 28 heavy (non-hydrogen) atoms. The molecule has 3 aromatic rings. The number of aryl methyl sites for hydroxylation is 1. The zero-order chi connectivity index (χ0) is 20.1. The molecule has 0 aliphatic heterocycles. The van der Waals surface area contributed by atoms with E-state index in [-0.39, 0.29) is 22.0 Å². The van der Waals surface area contributed by atoms with Gasteiger partial charge >= 0.3 is 0 Å². The summed E-state index contributed by atoms with van der Waals surface area (Å²) in [6, 6.07) is 20.5. The predicted octanol–water partition coefficient (Wildman–Crippen LogP) is 4.38. The Balaban J connectivity index is 1.79. The van der Waals surface area contributed by atoms with E-state index in [4.69, 9.17) is 11.6 Å². The number of carbonyl (C=O) groups is 1. The van der Waals surface area contributed by atoms with Gasteiger partial charge in [-0.05, 0) is 42.8 Å². The van der Waals surface area contributed by atoms with Crippen LogP contribution in [0.4, 0.5) is 5.69 Å². The molecule has 5 nitrogen and oxygen atoms in total. The van der Waals surface area contributed by atoms with Crippen molar-refractivity contribution in [3.63, 3.8) is 0 Å². The molecule has 7 heteroatoms. The van der Waals surface area contributed by atoms with Gasteiger partial charge in [-0.1, -0.05) is 59.6 Å². The van der Waals surface area contributed by atoms with Crippen LogP contribution in [0.1, 0.15) is 21.5 Å². The van der Waals surface area contributed by atoms with Gasteiger partial charge in [-0.2, -0.15) is 0 Å². The molecule has 3 rings (SSSR count). The van der Waals surface area contributed by atoms with Crippen LogP contribution in [-0.4, -0.2) is 14.3 Å². The first-order valence-corrected chi connectivity index (χ1v) is 10.4. The topological polar surface area (TPSA) is 75.3 Å². The molecule has 0 spiro atoms. The van der Waals surface area contributed by atoms with Crippen molar-refractivity contribution in [2.45, 2.75) is 18.4 Å². The van der Waals surface area contributed by atoms with Gasteiger partial charge in [0, 0.05) is 12.2 Å². The molecule has 0 atom stereocenters. The minimum atomic E-state index is -3.80. The number of halogens is 1. The number of benzene rings is 3. The van der Waals surface area contributed by atoms with Gasteiger partial charge < -0.3 is 5.32 Å². The van der Waals surface area contributed by atoms with Crippen molar-refractivity contribution in [3.8, 4) is 0 Å². The monoisotopic (exact) mass is 414 g/mol. The third-order valence-electron chi connectivity index (χ3n) is 4.11. The fraction of sp³-hybridized carbons (Fsp3) is 0.0952. The molecule has 0 aliphatic rings. The summed E-state index contributed by atoms with van der Waals surface area (Å²) in [5.74, 6) is -0.478. The molecule has 2 N–H and O–H groups in total. The van der Waals surface area contributed by atoms with E-state index in [1.165, 1.54) is 18.2 Å². The van der Waals surface area contributed by atoms with Gasteiger partial charge in [-0.15, -0.1) is 0 Å². The van der Waals surface area contributed by atoms with Crippen LogP contribution in [0.25, 0.3) is 0 Å². The fourth-order valence-corrected chi connectivity index (χ4v) is 3.79. The SMILES string of the molecule is Cc1ccc(NC(=O)c2cc(S(=O)(=O)NCc3ccccc3)ccc2Cl)cc1. The van der Waals surface area contributed by atoms with Crippen molar-refractivity contribution in [2.24, 2.45) is 0 Å². The quantitative estimate of drug-likeness (QED) is 0.628. The summed E-state index contributed by atoms with van der Waals surface area (Å²) >= 11 is 6.13. The van der Waals surface area contributed by atoms with Gasteiger partial charge in [0.2, 0.25) is 10.0 Å². The molecule has 1 amide bonds. The second-order valence-corrected chi connectivity index (χ2v) is 8.45. The minimum absolute atomic E-state index is 0.0260. The van der Waals surface area contributed by atoms with Crippen molar-refractivity contribution in [3.05, 3.63) is 94.5 Å². The van der Waals surface area contributed by atoms with Gasteiger partial charge in [0.15, 0.2) is 0 Å². The normalized spacial score (nSPS) is 11.2. The molecule has 0 saturated heterocycles. The lowest BCUT2D eigenvalue weighted by Crippen LogP contribution is -2.24. The highest BCUT2D eigenvalue weighted by Gasteiger charge is 2.19. The van der Waals surface area contributed by atoms with Gasteiger partial charge in [-0.25, -0.2) is 13.1 Å². The Morgan fingerprint density at radius 2 is 1.64 bits per heavy atom. The summed E-state index contributed by atoms with van der Waals surface area (Å²) in [6.07, 6.45) is 0. The summed E-state index contributed by atoms with van der Waals surface area (Å²) in [5.41, 5.74) is 2.58. The highest BCUT2D eigenvalue weighted by atomic mass is 35.5. The average molecular weight is 415 g/mol. The van der Waals surface area contributed by atoms with Crippen molar-refractivity contribution < 1.29 is 13.2 Å². The van der Waals surface area contributed by atoms with Crippen LogP contribution in [0.15, 0.2) is 77.7 Å².